The van der Waals surface area contributed by atoms with E-state index in [0.717, 1.165) is 57.6 Å². The fraction of sp³-hybridized carbons (Fsp3) is 0.706. The average Bonchev–Trinajstić information content (AvgIpc) is 2.62. The van der Waals surface area contributed by atoms with Gasteiger partial charge in [-0.25, -0.2) is 0 Å². The van der Waals surface area contributed by atoms with Crippen LogP contribution in [0.1, 0.15) is 26.7 Å². The predicted molar refractivity (Wildman–Crippen MR) is 106 cm³/mol. The van der Waals surface area contributed by atoms with Crippen molar-refractivity contribution in [3.8, 4) is 0 Å². The number of anilines is 3. The highest BCUT2D eigenvalue weighted by molar-refractivity contribution is 7.80. The number of hydrogen-bond donors (Lipinski definition) is 2. The maximum Gasteiger partial charge on any atom is 0.232 e. The molecule has 0 radical (unpaired) electrons. The topological polar surface area (TPSA) is 65.6 Å². The van der Waals surface area contributed by atoms with E-state index in [1.165, 1.54) is 12.8 Å². The lowest BCUT2D eigenvalue weighted by Gasteiger charge is -2.33. The molecule has 2 aliphatic rings. The van der Waals surface area contributed by atoms with Crippen molar-refractivity contribution in [1.82, 2.24) is 15.3 Å². The van der Waals surface area contributed by atoms with Crippen LogP contribution in [0.25, 0.3) is 0 Å². The molecule has 2 saturated heterocycles. The highest BCUT2D eigenvalue weighted by Gasteiger charge is 2.21. The van der Waals surface area contributed by atoms with Gasteiger partial charge in [-0.3, -0.25) is 0 Å². The summed E-state index contributed by atoms with van der Waals surface area (Å²) in [5, 5.41) is 6.77. The Morgan fingerprint density at radius 3 is 2.64 bits per heavy atom. The zero-order valence-corrected chi connectivity index (χ0v) is 15.9. The number of ether oxygens (including phenoxy) is 1. The molecule has 0 amide bonds. The van der Waals surface area contributed by atoms with Gasteiger partial charge >= 0.3 is 0 Å². The smallest absolute Gasteiger partial charge is 0.232 e. The zero-order valence-electron chi connectivity index (χ0n) is 15.1. The fourth-order valence-corrected chi connectivity index (χ4v) is 3.53. The third-order valence-electron chi connectivity index (χ3n) is 4.58. The molecule has 2 N–H and O–H groups in total. The van der Waals surface area contributed by atoms with Crippen LogP contribution in [0.3, 0.4) is 0 Å². The van der Waals surface area contributed by atoms with Crippen LogP contribution in [-0.2, 0) is 4.74 Å². The first-order valence-electron chi connectivity index (χ1n) is 9.17. The van der Waals surface area contributed by atoms with Crippen LogP contribution in [0.4, 0.5) is 17.6 Å². The van der Waals surface area contributed by atoms with E-state index in [1.807, 2.05) is 6.92 Å². The summed E-state index contributed by atoms with van der Waals surface area (Å²) < 4.78 is 5.47. The molecular weight excluding hydrogens is 336 g/mol. The number of nitrogens with one attached hydrogen (secondary N) is 2. The molecule has 1 aromatic heterocycles. The second-order valence-corrected chi connectivity index (χ2v) is 7.09. The highest BCUT2D eigenvalue weighted by atomic mass is 32.1. The van der Waals surface area contributed by atoms with Crippen molar-refractivity contribution < 1.29 is 4.74 Å². The minimum atomic E-state index is 0.555. The Morgan fingerprint density at radius 1 is 1.24 bits per heavy atom. The van der Waals surface area contributed by atoms with Gasteiger partial charge < -0.3 is 25.2 Å². The number of aromatic nitrogens is 2. The molecule has 2 fully saturated rings. The molecule has 0 bridgehead atoms. The largest absolute Gasteiger partial charge is 0.378 e. The fourth-order valence-electron chi connectivity index (χ4n) is 3.30. The van der Waals surface area contributed by atoms with Crippen molar-refractivity contribution >= 4 is 34.9 Å². The first-order valence-corrected chi connectivity index (χ1v) is 9.58. The molecule has 25 heavy (non-hydrogen) atoms. The Morgan fingerprint density at radius 2 is 1.96 bits per heavy atom. The first-order chi connectivity index (χ1) is 12.2. The minimum Gasteiger partial charge on any atom is -0.378 e. The van der Waals surface area contributed by atoms with Crippen molar-refractivity contribution in [1.29, 1.82) is 0 Å². The number of nitrogens with zero attached hydrogens (tertiary/aromatic N) is 4. The summed E-state index contributed by atoms with van der Waals surface area (Å²) >= 11 is 5.30. The highest BCUT2D eigenvalue weighted by Crippen LogP contribution is 2.26. The Hall–Kier alpha value is -1.67. The van der Waals surface area contributed by atoms with Crippen LogP contribution in [0.5, 0.6) is 0 Å². The molecule has 7 nitrogen and oxygen atoms in total. The summed E-state index contributed by atoms with van der Waals surface area (Å²) in [5.41, 5.74) is 0. The molecule has 2 aliphatic heterocycles. The third kappa shape index (κ3) is 4.92. The summed E-state index contributed by atoms with van der Waals surface area (Å²) in [5.74, 6) is 3.16. The Balaban J connectivity index is 1.85. The summed E-state index contributed by atoms with van der Waals surface area (Å²) in [6.07, 6.45) is 2.49. The molecule has 3 rings (SSSR count). The number of piperidine rings is 1. The standard InChI is InChI=1S/C17H28N6OS/c1-3-18-17(25)21-16-19-14(22-7-9-24-10-8-22)11-15(20-16)23-6-4-5-13(2)12-23/h11,13H,3-10,12H2,1-2H3,(H2,18,19,20,21,25)/t13-/m1/s1. The van der Waals surface area contributed by atoms with Crippen LogP contribution in [-0.4, -0.2) is 61.0 Å². The van der Waals surface area contributed by atoms with Crippen molar-refractivity contribution in [3.05, 3.63) is 6.07 Å². The quantitative estimate of drug-likeness (QED) is 0.785. The summed E-state index contributed by atoms with van der Waals surface area (Å²) in [6.45, 7) is 10.3. The summed E-state index contributed by atoms with van der Waals surface area (Å²) in [6, 6.07) is 2.10. The predicted octanol–water partition coefficient (Wildman–Crippen LogP) is 1.86. The normalized spacial score (nSPS) is 21.1. The molecule has 1 atom stereocenters. The first kappa shape index (κ1) is 18.1. The average molecular weight is 365 g/mol. The summed E-state index contributed by atoms with van der Waals surface area (Å²) in [7, 11) is 0. The Kier molecular flexibility index (Phi) is 6.25. The van der Waals surface area contributed by atoms with E-state index in [2.05, 4.69) is 38.4 Å². The van der Waals surface area contributed by atoms with E-state index in [4.69, 9.17) is 21.9 Å². The van der Waals surface area contributed by atoms with Crippen LogP contribution in [0.2, 0.25) is 0 Å². The van der Waals surface area contributed by atoms with Crippen molar-refractivity contribution in [2.45, 2.75) is 26.7 Å². The molecule has 0 spiro atoms. The molecular formula is C17H28N6OS. The van der Waals surface area contributed by atoms with Crippen LogP contribution in [0, 0.1) is 5.92 Å². The number of thiocarbonyl (C=S) groups is 1. The lowest BCUT2D eigenvalue weighted by molar-refractivity contribution is 0.122. The van der Waals surface area contributed by atoms with E-state index >= 15 is 0 Å². The molecule has 0 aliphatic carbocycles. The maximum absolute atomic E-state index is 5.47. The monoisotopic (exact) mass is 364 g/mol. The molecule has 0 unspecified atom stereocenters. The number of morpholine rings is 1. The molecule has 138 valence electrons. The van der Waals surface area contributed by atoms with Gasteiger partial charge in [0.1, 0.15) is 11.6 Å². The third-order valence-corrected chi connectivity index (χ3v) is 4.82. The van der Waals surface area contributed by atoms with Gasteiger partial charge in [-0.15, -0.1) is 0 Å². The lowest BCUT2D eigenvalue weighted by Crippen LogP contribution is -2.38. The van der Waals surface area contributed by atoms with E-state index in [1.54, 1.807) is 0 Å². The second-order valence-electron chi connectivity index (χ2n) is 6.69. The van der Waals surface area contributed by atoms with Crippen LogP contribution < -0.4 is 20.4 Å². The van der Waals surface area contributed by atoms with Crippen molar-refractivity contribution in [2.24, 2.45) is 5.92 Å². The zero-order chi connectivity index (χ0) is 17.6. The van der Waals surface area contributed by atoms with Crippen molar-refractivity contribution in [2.75, 3.05) is 61.1 Å². The van der Waals surface area contributed by atoms with Gasteiger partial charge in [0.2, 0.25) is 5.95 Å². The van der Waals surface area contributed by atoms with E-state index in [9.17, 15) is 0 Å². The van der Waals surface area contributed by atoms with E-state index in [0.29, 0.717) is 17.0 Å². The van der Waals surface area contributed by atoms with Gasteiger partial charge in [0.15, 0.2) is 5.11 Å². The van der Waals surface area contributed by atoms with Gasteiger partial charge in [0.25, 0.3) is 0 Å². The van der Waals surface area contributed by atoms with Gasteiger partial charge in [-0.1, -0.05) is 6.92 Å². The maximum atomic E-state index is 5.47. The van der Waals surface area contributed by atoms with Gasteiger partial charge in [0.05, 0.1) is 13.2 Å². The van der Waals surface area contributed by atoms with Gasteiger partial charge in [-0.05, 0) is 37.9 Å². The molecule has 8 heteroatoms. The molecule has 0 aromatic carbocycles. The van der Waals surface area contributed by atoms with E-state index < -0.39 is 0 Å². The van der Waals surface area contributed by atoms with Gasteiger partial charge in [-0.2, -0.15) is 9.97 Å². The van der Waals surface area contributed by atoms with E-state index in [-0.39, 0.29) is 0 Å². The minimum absolute atomic E-state index is 0.555. The number of rotatable bonds is 4. The van der Waals surface area contributed by atoms with Crippen molar-refractivity contribution in [3.63, 3.8) is 0 Å². The number of hydrogen-bond acceptors (Lipinski definition) is 6. The summed E-state index contributed by atoms with van der Waals surface area (Å²) in [4.78, 5) is 14.0. The lowest BCUT2D eigenvalue weighted by atomic mass is 10.0. The molecule has 1 aromatic rings. The van der Waals surface area contributed by atoms with Crippen LogP contribution in [0.15, 0.2) is 6.07 Å². The Bertz CT molecular complexity index is 593. The molecule has 0 saturated carbocycles. The van der Waals surface area contributed by atoms with Crippen LogP contribution >= 0.6 is 12.2 Å². The Labute approximate surface area is 155 Å². The second kappa shape index (κ2) is 8.62. The molecule has 3 heterocycles. The SMILES string of the molecule is CCNC(=S)Nc1nc(N2CCOCC2)cc(N2CCC[C@@H](C)C2)n1. The van der Waals surface area contributed by atoms with Gasteiger partial charge in [0, 0.05) is 38.8 Å².